The Hall–Kier alpha value is -1.36. The second kappa shape index (κ2) is 24.3. The third kappa shape index (κ3) is 21.9. The lowest BCUT2D eigenvalue weighted by Gasteiger charge is -2.15. The van der Waals surface area contributed by atoms with E-state index in [1.165, 1.54) is 51.4 Å². The summed E-state index contributed by atoms with van der Waals surface area (Å²) in [5.41, 5.74) is 0. The van der Waals surface area contributed by atoms with Gasteiger partial charge in [-0.05, 0) is 38.5 Å². The quantitative estimate of drug-likeness (QED) is 0.102. The Morgan fingerprint density at radius 2 is 1.16 bits per heavy atom. The summed E-state index contributed by atoms with van der Waals surface area (Å²) in [6.07, 6.45) is 23.0. The number of esters is 2. The fraction of sp³-hybridized carbons (Fsp3) is 0.852. The van der Waals surface area contributed by atoms with Crippen molar-refractivity contribution in [2.75, 3.05) is 13.2 Å². The Morgan fingerprint density at radius 3 is 1.72 bits per heavy atom. The molecule has 188 valence electrons. The highest BCUT2D eigenvalue weighted by Crippen LogP contribution is 2.10. The van der Waals surface area contributed by atoms with Crippen molar-refractivity contribution in [3.05, 3.63) is 12.2 Å². The minimum atomic E-state index is -0.763. The lowest BCUT2D eigenvalue weighted by atomic mass is 10.1. The van der Waals surface area contributed by atoms with Crippen LogP contribution in [0.1, 0.15) is 129 Å². The van der Waals surface area contributed by atoms with Crippen molar-refractivity contribution in [3.8, 4) is 0 Å². The number of allylic oxidation sites excluding steroid dienone is 2. The summed E-state index contributed by atoms with van der Waals surface area (Å²) in [5.74, 6) is -0.623. The molecular formula is C27H50O5. The van der Waals surface area contributed by atoms with E-state index in [9.17, 15) is 14.7 Å². The Morgan fingerprint density at radius 1 is 0.688 bits per heavy atom. The normalized spacial score (nSPS) is 12.2. The molecule has 0 aliphatic heterocycles. The minimum Gasteiger partial charge on any atom is -0.462 e. The van der Waals surface area contributed by atoms with Crippen LogP contribution in [0.3, 0.4) is 0 Å². The van der Waals surface area contributed by atoms with Crippen LogP contribution in [-0.4, -0.2) is 36.4 Å². The first kappa shape index (κ1) is 30.6. The average Bonchev–Trinajstić information content (AvgIpc) is 2.79. The summed E-state index contributed by atoms with van der Waals surface area (Å²) in [7, 11) is 0. The predicted octanol–water partition coefficient (Wildman–Crippen LogP) is 7.05. The van der Waals surface area contributed by atoms with E-state index in [0.717, 1.165) is 51.4 Å². The molecule has 0 saturated carbocycles. The van der Waals surface area contributed by atoms with Gasteiger partial charge < -0.3 is 14.6 Å². The topological polar surface area (TPSA) is 72.8 Å². The molecule has 0 amide bonds. The SMILES string of the molecule is CCCCCCC/C=C\CCCCCCCC(=O)OC(CO)COC(=O)CCCCCC. The highest BCUT2D eigenvalue weighted by molar-refractivity contribution is 5.70. The largest absolute Gasteiger partial charge is 0.462 e. The molecule has 0 aliphatic carbocycles. The molecule has 0 saturated heterocycles. The van der Waals surface area contributed by atoms with Crippen molar-refractivity contribution in [1.29, 1.82) is 0 Å². The van der Waals surface area contributed by atoms with E-state index in [1.54, 1.807) is 0 Å². The van der Waals surface area contributed by atoms with Crippen LogP contribution >= 0.6 is 0 Å². The fourth-order valence-electron chi connectivity index (χ4n) is 3.49. The number of carbonyl (C=O) groups is 2. The van der Waals surface area contributed by atoms with Gasteiger partial charge in [0.05, 0.1) is 6.61 Å². The second-order valence-electron chi connectivity index (χ2n) is 8.77. The number of aliphatic hydroxyl groups is 1. The zero-order valence-electron chi connectivity index (χ0n) is 21.0. The molecule has 0 aromatic heterocycles. The molecule has 32 heavy (non-hydrogen) atoms. The maximum Gasteiger partial charge on any atom is 0.306 e. The first-order valence-corrected chi connectivity index (χ1v) is 13.2. The maximum atomic E-state index is 11.9. The zero-order chi connectivity index (χ0) is 23.7. The first-order valence-electron chi connectivity index (χ1n) is 13.2. The molecule has 0 heterocycles. The van der Waals surface area contributed by atoms with Crippen LogP contribution in [0.25, 0.3) is 0 Å². The third-order valence-corrected chi connectivity index (χ3v) is 5.56. The van der Waals surface area contributed by atoms with Gasteiger partial charge in [0.1, 0.15) is 6.61 Å². The van der Waals surface area contributed by atoms with E-state index in [2.05, 4.69) is 26.0 Å². The number of rotatable bonds is 23. The van der Waals surface area contributed by atoms with Crippen molar-refractivity contribution >= 4 is 11.9 Å². The van der Waals surface area contributed by atoms with Gasteiger partial charge in [0.2, 0.25) is 0 Å². The van der Waals surface area contributed by atoms with Gasteiger partial charge in [-0.15, -0.1) is 0 Å². The highest BCUT2D eigenvalue weighted by Gasteiger charge is 2.15. The van der Waals surface area contributed by atoms with Crippen molar-refractivity contribution in [2.24, 2.45) is 0 Å². The predicted molar refractivity (Wildman–Crippen MR) is 132 cm³/mol. The van der Waals surface area contributed by atoms with Crippen LogP contribution in [-0.2, 0) is 19.1 Å². The van der Waals surface area contributed by atoms with Gasteiger partial charge in [-0.2, -0.15) is 0 Å². The van der Waals surface area contributed by atoms with Gasteiger partial charge in [-0.3, -0.25) is 9.59 Å². The third-order valence-electron chi connectivity index (χ3n) is 5.56. The Labute approximate surface area is 197 Å². The van der Waals surface area contributed by atoms with E-state index in [-0.39, 0.29) is 25.2 Å². The maximum absolute atomic E-state index is 11.9. The van der Waals surface area contributed by atoms with E-state index in [1.807, 2.05) is 0 Å². The van der Waals surface area contributed by atoms with Crippen molar-refractivity contribution in [2.45, 2.75) is 136 Å². The van der Waals surface area contributed by atoms with E-state index < -0.39 is 6.10 Å². The second-order valence-corrected chi connectivity index (χ2v) is 8.77. The smallest absolute Gasteiger partial charge is 0.306 e. The summed E-state index contributed by atoms with van der Waals surface area (Å²) >= 11 is 0. The van der Waals surface area contributed by atoms with Gasteiger partial charge in [-0.25, -0.2) is 0 Å². The molecule has 1 atom stereocenters. The lowest BCUT2D eigenvalue weighted by molar-refractivity contribution is -0.161. The molecule has 0 bridgehead atoms. The van der Waals surface area contributed by atoms with Crippen LogP contribution in [0.5, 0.6) is 0 Å². The van der Waals surface area contributed by atoms with Crippen molar-refractivity contribution in [3.63, 3.8) is 0 Å². The minimum absolute atomic E-state index is 0.0683. The van der Waals surface area contributed by atoms with Gasteiger partial charge in [-0.1, -0.05) is 90.2 Å². The molecule has 0 aromatic carbocycles. The van der Waals surface area contributed by atoms with Crippen LogP contribution in [0.15, 0.2) is 12.2 Å². The van der Waals surface area contributed by atoms with E-state index >= 15 is 0 Å². The number of aliphatic hydroxyl groups excluding tert-OH is 1. The molecule has 5 nitrogen and oxygen atoms in total. The number of unbranched alkanes of at least 4 members (excludes halogenated alkanes) is 13. The molecule has 0 spiro atoms. The van der Waals surface area contributed by atoms with Crippen LogP contribution in [0.2, 0.25) is 0 Å². The van der Waals surface area contributed by atoms with Crippen molar-refractivity contribution < 1.29 is 24.2 Å². The van der Waals surface area contributed by atoms with Crippen molar-refractivity contribution in [1.82, 2.24) is 0 Å². The molecule has 1 N–H and O–H groups in total. The molecular weight excluding hydrogens is 404 g/mol. The zero-order valence-corrected chi connectivity index (χ0v) is 21.0. The van der Waals surface area contributed by atoms with E-state index in [0.29, 0.717) is 12.8 Å². The molecule has 0 aromatic rings. The number of hydrogen-bond donors (Lipinski definition) is 1. The first-order chi connectivity index (χ1) is 15.6. The summed E-state index contributed by atoms with van der Waals surface area (Å²) in [6, 6.07) is 0. The van der Waals surface area contributed by atoms with Crippen LogP contribution < -0.4 is 0 Å². The fourth-order valence-corrected chi connectivity index (χ4v) is 3.49. The summed E-state index contributed by atoms with van der Waals surface area (Å²) in [5, 5.41) is 9.35. The number of ether oxygens (including phenoxy) is 2. The summed E-state index contributed by atoms with van der Waals surface area (Å²) in [6.45, 7) is 3.97. The van der Waals surface area contributed by atoms with E-state index in [4.69, 9.17) is 9.47 Å². The molecule has 0 fully saturated rings. The standard InChI is InChI=1S/C27H50O5/c1-3-5-7-9-10-11-12-13-14-15-16-17-18-20-22-27(30)32-25(23-28)24-31-26(29)21-19-8-6-4-2/h12-13,25,28H,3-11,14-24H2,1-2H3/b13-12-. The monoisotopic (exact) mass is 454 g/mol. The molecule has 0 aliphatic rings. The average molecular weight is 455 g/mol. The highest BCUT2D eigenvalue weighted by atomic mass is 16.6. The van der Waals surface area contributed by atoms with Gasteiger partial charge in [0, 0.05) is 12.8 Å². The molecule has 0 rings (SSSR count). The summed E-state index contributed by atoms with van der Waals surface area (Å²) in [4.78, 5) is 23.6. The van der Waals surface area contributed by atoms with Gasteiger partial charge >= 0.3 is 11.9 Å². The number of carbonyl (C=O) groups excluding carboxylic acids is 2. The molecule has 1 unspecified atom stereocenters. The Kier molecular flexibility index (Phi) is 23.3. The summed E-state index contributed by atoms with van der Waals surface area (Å²) < 4.78 is 10.4. The molecule has 0 radical (unpaired) electrons. The molecule has 5 heteroatoms. The number of hydrogen-bond acceptors (Lipinski definition) is 5. The van der Waals surface area contributed by atoms with Crippen LogP contribution in [0.4, 0.5) is 0 Å². The van der Waals surface area contributed by atoms with Crippen LogP contribution in [0, 0.1) is 0 Å². The van der Waals surface area contributed by atoms with Gasteiger partial charge in [0.25, 0.3) is 0 Å². The Balaban J connectivity index is 3.59. The lowest BCUT2D eigenvalue weighted by Crippen LogP contribution is -2.28. The van der Waals surface area contributed by atoms with Gasteiger partial charge in [0.15, 0.2) is 6.10 Å². The Bertz CT molecular complexity index is 461.